The molecule has 9 nitrogen and oxygen atoms in total. The van der Waals surface area contributed by atoms with Crippen molar-refractivity contribution >= 4 is 22.4 Å². The smallest absolute Gasteiger partial charge is 0.355 e. The molecule has 0 aliphatic carbocycles. The molecule has 1 saturated heterocycles. The second kappa shape index (κ2) is 6.64. The number of carboxylic acid groups (broad SMARTS) is 1. The minimum absolute atomic E-state index is 0.128. The molecule has 0 bridgehead atoms. The largest absolute Gasteiger partial charge is 0.476 e. The van der Waals surface area contributed by atoms with Gasteiger partial charge in [-0.05, 0) is 0 Å². The van der Waals surface area contributed by atoms with Crippen molar-refractivity contribution in [1.82, 2.24) is 4.98 Å². The molecular weight excluding hydrogens is 304 g/mol. The Morgan fingerprint density at radius 1 is 1.52 bits per heavy atom. The van der Waals surface area contributed by atoms with E-state index in [0.29, 0.717) is 0 Å². The molecule has 0 spiro atoms. The van der Waals surface area contributed by atoms with Crippen molar-refractivity contribution in [3.05, 3.63) is 11.1 Å². The summed E-state index contributed by atoms with van der Waals surface area (Å²) >= 11 is 1.04. The Morgan fingerprint density at radius 3 is 2.76 bits per heavy atom. The molecule has 0 amide bonds. The van der Waals surface area contributed by atoms with Crippen LogP contribution in [-0.2, 0) is 9.47 Å². The van der Waals surface area contributed by atoms with Crippen LogP contribution in [-0.4, -0.2) is 75.7 Å². The van der Waals surface area contributed by atoms with E-state index in [0.717, 1.165) is 11.3 Å². The van der Waals surface area contributed by atoms with Crippen LogP contribution in [0.15, 0.2) is 5.38 Å². The minimum atomic E-state index is -1.31. The first-order valence-electron chi connectivity index (χ1n) is 6.08. The summed E-state index contributed by atoms with van der Waals surface area (Å²) in [4.78, 5) is 14.6. The van der Waals surface area contributed by atoms with Crippen LogP contribution in [0, 0.1) is 0 Å². The molecule has 21 heavy (non-hydrogen) atoms. The molecule has 5 atom stereocenters. The van der Waals surface area contributed by atoms with Crippen molar-refractivity contribution in [2.45, 2.75) is 30.6 Å². The summed E-state index contributed by atoms with van der Waals surface area (Å²) in [5, 5.41) is 42.2. The van der Waals surface area contributed by atoms with Crippen LogP contribution < -0.4 is 5.32 Å². The number of nitrogens with one attached hydrogen (secondary N) is 1. The van der Waals surface area contributed by atoms with Crippen LogP contribution in [0.2, 0.25) is 0 Å². The third-order valence-electron chi connectivity index (χ3n) is 3.13. The predicted octanol–water partition coefficient (Wildman–Crippen LogP) is -1.29. The fourth-order valence-corrected chi connectivity index (χ4v) is 2.75. The van der Waals surface area contributed by atoms with E-state index < -0.39 is 43.2 Å². The van der Waals surface area contributed by atoms with Gasteiger partial charge in [0.25, 0.3) is 0 Å². The molecule has 1 aromatic rings. The van der Waals surface area contributed by atoms with Gasteiger partial charge in [-0.3, -0.25) is 0 Å². The van der Waals surface area contributed by atoms with Gasteiger partial charge in [-0.1, -0.05) is 0 Å². The Balaban J connectivity index is 2.13. The molecule has 2 heterocycles. The van der Waals surface area contributed by atoms with Gasteiger partial charge in [0.2, 0.25) is 0 Å². The van der Waals surface area contributed by atoms with Crippen LogP contribution in [0.3, 0.4) is 0 Å². The highest BCUT2D eigenvalue weighted by molar-refractivity contribution is 7.13. The van der Waals surface area contributed by atoms with Gasteiger partial charge >= 0.3 is 5.97 Å². The first-order valence-corrected chi connectivity index (χ1v) is 6.96. The molecule has 5 N–H and O–H groups in total. The summed E-state index contributed by atoms with van der Waals surface area (Å²) in [6.07, 6.45) is -4.48. The van der Waals surface area contributed by atoms with Crippen molar-refractivity contribution in [2.75, 3.05) is 19.0 Å². The van der Waals surface area contributed by atoms with Crippen molar-refractivity contribution < 1.29 is 34.7 Å². The van der Waals surface area contributed by atoms with E-state index in [-0.39, 0.29) is 10.8 Å². The molecule has 10 heteroatoms. The Hall–Kier alpha value is -1.30. The zero-order valence-corrected chi connectivity index (χ0v) is 11.9. The Labute approximate surface area is 123 Å². The summed E-state index contributed by atoms with van der Waals surface area (Å²) in [6.45, 7) is -0.467. The summed E-state index contributed by atoms with van der Waals surface area (Å²) in [7, 11) is 1.35. The maximum absolute atomic E-state index is 10.8. The van der Waals surface area contributed by atoms with Gasteiger partial charge in [0.1, 0.15) is 24.4 Å². The Morgan fingerprint density at radius 2 is 2.24 bits per heavy atom. The van der Waals surface area contributed by atoms with E-state index in [9.17, 15) is 15.0 Å². The number of nitrogens with zero attached hydrogens (tertiary/aromatic N) is 1. The van der Waals surface area contributed by atoms with Gasteiger partial charge in [0.05, 0.1) is 6.61 Å². The quantitative estimate of drug-likeness (QED) is 0.448. The average Bonchev–Trinajstić information content (AvgIpc) is 2.93. The second-order valence-corrected chi connectivity index (χ2v) is 5.31. The van der Waals surface area contributed by atoms with Crippen LogP contribution in [0.1, 0.15) is 10.5 Å². The van der Waals surface area contributed by atoms with Gasteiger partial charge < -0.3 is 35.2 Å². The third kappa shape index (κ3) is 3.31. The number of rotatable bonds is 5. The highest BCUT2D eigenvalue weighted by Crippen LogP contribution is 2.26. The molecule has 2 rings (SSSR count). The number of aromatic carboxylic acids is 1. The number of aliphatic hydroxyl groups is 3. The lowest BCUT2D eigenvalue weighted by molar-refractivity contribution is -0.254. The average molecular weight is 320 g/mol. The second-order valence-electron chi connectivity index (χ2n) is 4.46. The van der Waals surface area contributed by atoms with Gasteiger partial charge in [-0.15, -0.1) is 11.3 Å². The highest BCUT2D eigenvalue weighted by Gasteiger charge is 2.44. The molecule has 118 valence electrons. The van der Waals surface area contributed by atoms with E-state index >= 15 is 0 Å². The number of hydrogen-bond acceptors (Lipinski definition) is 9. The van der Waals surface area contributed by atoms with Crippen molar-refractivity contribution in [3.63, 3.8) is 0 Å². The lowest BCUT2D eigenvalue weighted by Gasteiger charge is -2.41. The Kier molecular flexibility index (Phi) is 5.08. The molecule has 0 aromatic carbocycles. The number of hydrogen-bond donors (Lipinski definition) is 5. The molecule has 0 radical (unpaired) electrons. The van der Waals surface area contributed by atoms with E-state index in [1.54, 1.807) is 0 Å². The van der Waals surface area contributed by atoms with Crippen molar-refractivity contribution in [2.24, 2.45) is 0 Å². The normalized spacial score (nSPS) is 32.9. The minimum Gasteiger partial charge on any atom is -0.476 e. The van der Waals surface area contributed by atoms with Crippen LogP contribution in [0.25, 0.3) is 0 Å². The van der Waals surface area contributed by atoms with Gasteiger partial charge in [-0.2, -0.15) is 0 Å². The number of methoxy groups -OCH3 is 1. The summed E-state index contributed by atoms with van der Waals surface area (Å²) < 4.78 is 10.4. The molecule has 1 aliphatic heterocycles. The molecule has 0 saturated carbocycles. The van der Waals surface area contributed by atoms with E-state index in [4.69, 9.17) is 19.7 Å². The fourth-order valence-electron chi connectivity index (χ4n) is 2.02. The van der Waals surface area contributed by atoms with Crippen LogP contribution >= 0.6 is 11.3 Å². The zero-order chi connectivity index (χ0) is 15.6. The van der Waals surface area contributed by atoms with Crippen molar-refractivity contribution in [1.29, 1.82) is 0 Å². The van der Waals surface area contributed by atoms with Gasteiger partial charge in [0.15, 0.2) is 17.1 Å². The molecule has 1 aromatic heterocycles. The monoisotopic (exact) mass is 320 g/mol. The number of ether oxygens (including phenoxy) is 2. The summed E-state index contributed by atoms with van der Waals surface area (Å²) in [5.41, 5.74) is -0.128. The van der Waals surface area contributed by atoms with Crippen molar-refractivity contribution in [3.8, 4) is 0 Å². The number of aromatic nitrogens is 1. The van der Waals surface area contributed by atoms with E-state index in [1.165, 1.54) is 12.5 Å². The number of anilines is 1. The lowest BCUT2D eigenvalue weighted by atomic mass is 9.97. The molecule has 1 unspecified atom stereocenters. The summed E-state index contributed by atoms with van der Waals surface area (Å²) in [6, 6.07) is -0.861. The molecular formula is C11H16N2O7S. The number of carbonyl (C=O) groups is 1. The number of aliphatic hydroxyl groups excluding tert-OH is 3. The van der Waals surface area contributed by atoms with Gasteiger partial charge in [-0.25, -0.2) is 9.78 Å². The third-order valence-corrected chi connectivity index (χ3v) is 3.90. The topological polar surface area (TPSA) is 141 Å². The highest BCUT2D eigenvalue weighted by atomic mass is 32.1. The molecule has 1 aliphatic rings. The van der Waals surface area contributed by atoms with E-state index in [2.05, 4.69) is 10.3 Å². The number of carboxylic acids is 1. The predicted molar refractivity (Wildman–Crippen MR) is 71.3 cm³/mol. The maximum atomic E-state index is 10.8. The molecule has 1 fully saturated rings. The fraction of sp³-hybridized carbons (Fsp3) is 0.636. The Bertz CT molecular complexity index is 495. The first kappa shape index (κ1) is 16.1. The summed E-state index contributed by atoms with van der Waals surface area (Å²) in [5.74, 6) is -1.16. The lowest BCUT2D eigenvalue weighted by Crippen LogP contribution is -2.61. The maximum Gasteiger partial charge on any atom is 0.355 e. The van der Waals surface area contributed by atoms with Gasteiger partial charge in [0, 0.05) is 12.5 Å². The van der Waals surface area contributed by atoms with E-state index in [1.807, 2.05) is 0 Å². The zero-order valence-electron chi connectivity index (χ0n) is 11.0. The van der Waals surface area contributed by atoms with Crippen LogP contribution in [0.5, 0.6) is 0 Å². The standard InChI is InChI=1S/C11H16N2O7S/c1-19-10-6(8(16)7(15)5(2-14)20-10)13-11-12-4(3-21-11)9(17)18/h3,5-8,10,14-16H,2H2,1H3,(H,12,13)(H,17,18)/t5-,6?,7+,8-,10-/m1/s1. The SMILES string of the molecule is CO[C@@H]1O[C@H](CO)[C@H](O)[C@H](O)C1Nc1nc(C(=O)O)cs1. The first-order chi connectivity index (χ1) is 9.97. The van der Waals surface area contributed by atoms with Crippen LogP contribution in [0.4, 0.5) is 5.13 Å². The number of thiazole rings is 1.